The molecule has 2 fully saturated rings. The van der Waals surface area contributed by atoms with Crippen LogP contribution in [0.5, 0.6) is 0 Å². The zero-order valence-electron chi connectivity index (χ0n) is 12.3. The van der Waals surface area contributed by atoms with E-state index in [2.05, 4.69) is 12.2 Å². The van der Waals surface area contributed by atoms with E-state index in [0.717, 1.165) is 12.5 Å². The van der Waals surface area contributed by atoms with Gasteiger partial charge in [-0.2, -0.15) is 0 Å². The van der Waals surface area contributed by atoms with Crippen molar-refractivity contribution in [2.45, 2.75) is 70.8 Å². The van der Waals surface area contributed by atoms with E-state index in [1.165, 1.54) is 68.7 Å². The van der Waals surface area contributed by atoms with Crippen LogP contribution in [0.4, 0.5) is 0 Å². The minimum atomic E-state index is 0.562. The predicted octanol–water partition coefficient (Wildman–Crippen LogP) is 4.21. The second-order valence-corrected chi connectivity index (χ2v) is 7.95. The quantitative estimate of drug-likeness (QED) is 0.778. The summed E-state index contributed by atoms with van der Waals surface area (Å²) in [6.07, 6.45) is 12.7. The molecular weight excluding hydrogens is 252 g/mol. The van der Waals surface area contributed by atoms with E-state index >= 15 is 0 Å². The Morgan fingerprint density at radius 3 is 2.58 bits per heavy atom. The fourth-order valence-corrected chi connectivity index (χ4v) is 5.15. The maximum Gasteiger partial charge on any atom is 0.156 e. The van der Waals surface area contributed by atoms with E-state index in [4.69, 9.17) is 4.99 Å². The molecule has 19 heavy (non-hydrogen) atoms. The first-order valence-electron chi connectivity index (χ1n) is 8.21. The first-order valence-corrected chi connectivity index (χ1v) is 9.20. The Bertz CT molecular complexity index is 334. The van der Waals surface area contributed by atoms with Gasteiger partial charge in [-0.25, -0.2) is 0 Å². The SMILES string of the molecule is CC1CCCCC1NC1=NCC2(CCCCC2)CS1. The molecule has 0 bridgehead atoms. The van der Waals surface area contributed by atoms with Crippen molar-refractivity contribution in [3.63, 3.8) is 0 Å². The lowest BCUT2D eigenvalue weighted by Crippen LogP contribution is -2.43. The summed E-state index contributed by atoms with van der Waals surface area (Å²) in [5, 5.41) is 4.99. The van der Waals surface area contributed by atoms with Crippen LogP contribution >= 0.6 is 11.8 Å². The molecule has 1 aliphatic heterocycles. The van der Waals surface area contributed by atoms with Crippen molar-refractivity contribution in [2.75, 3.05) is 12.3 Å². The minimum absolute atomic E-state index is 0.562. The van der Waals surface area contributed by atoms with Crippen molar-refractivity contribution in [1.29, 1.82) is 0 Å². The van der Waals surface area contributed by atoms with Gasteiger partial charge >= 0.3 is 0 Å². The molecule has 0 aromatic carbocycles. The van der Waals surface area contributed by atoms with Crippen LogP contribution in [-0.2, 0) is 0 Å². The average Bonchev–Trinajstić information content (AvgIpc) is 2.45. The van der Waals surface area contributed by atoms with Gasteiger partial charge in [0.1, 0.15) is 0 Å². The number of hydrogen-bond donors (Lipinski definition) is 1. The van der Waals surface area contributed by atoms with Crippen LogP contribution in [0.1, 0.15) is 64.7 Å². The predicted molar refractivity (Wildman–Crippen MR) is 84.8 cm³/mol. The van der Waals surface area contributed by atoms with Gasteiger partial charge in [0, 0.05) is 18.3 Å². The molecule has 1 heterocycles. The zero-order chi connectivity index (χ0) is 13.1. The van der Waals surface area contributed by atoms with Crippen LogP contribution in [0.3, 0.4) is 0 Å². The third kappa shape index (κ3) is 3.29. The Labute approximate surface area is 122 Å². The highest BCUT2D eigenvalue weighted by Gasteiger charge is 2.35. The van der Waals surface area contributed by atoms with Crippen molar-refractivity contribution >= 4 is 16.9 Å². The molecule has 108 valence electrons. The van der Waals surface area contributed by atoms with Crippen LogP contribution in [-0.4, -0.2) is 23.5 Å². The maximum absolute atomic E-state index is 4.90. The third-order valence-corrected chi connectivity index (χ3v) is 6.68. The molecule has 0 aromatic heterocycles. The number of nitrogens with one attached hydrogen (secondary N) is 1. The molecule has 3 heteroatoms. The largest absolute Gasteiger partial charge is 0.362 e. The minimum Gasteiger partial charge on any atom is -0.362 e. The molecule has 2 atom stereocenters. The molecule has 0 radical (unpaired) electrons. The molecule has 3 aliphatic rings. The highest BCUT2D eigenvalue weighted by atomic mass is 32.2. The molecule has 2 unspecified atom stereocenters. The van der Waals surface area contributed by atoms with E-state index in [-0.39, 0.29) is 0 Å². The smallest absolute Gasteiger partial charge is 0.156 e. The number of rotatable bonds is 1. The van der Waals surface area contributed by atoms with Gasteiger partial charge < -0.3 is 5.32 Å². The number of nitrogens with zero attached hydrogens (tertiary/aromatic N) is 1. The summed E-state index contributed by atoms with van der Waals surface area (Å²) in [5.41, 5.74) is 0.562. The van der Waals surface area contributed by atoms with E-state index in [1.807, 2.05) is 11.8 Å². The van der Waals surface area contributed by atoms with Crippen LogP contribution in [0.2, 0.25) is 0 Å². The molecule has 0 saturated heterocycles. The standard InChI is InChI=1S/C16H28N2S/c1-13-7-3-4-8-14(13)18-15-17-11-16(12-19-15)9-5-2-6-10-16/h13-14H,2-12H2,1H3,(H,17,18). The number of aliphatic imine (C=N–C) groups is 1. The zero-order valence-corrected chi connectivity index (χ0v) is 13.1. The maximum atomic E-state index is 4.90. The van der Waals surface area contributed by atoms with Gasteiger partial charge in [0.25, 0.3) is 0 Å². The first-order chi connectivity index (χ1) is 9.27. The lowest BCUT2D eigenvalue weighted by Gasteiger charge is -2.39. The molecule has 1 spiro atoms. The second-order valence-electron chi connectivity index (χ2n) is 6.98. The fourth-order valence-electron chi connectivity index (χ4n) is 3.93. The second kappa shape index (κ2) is 6.07. The molecule has 0 aromatic rings. The molecule has 0 amide bonds. The normalized spacial score (nSPS) is 34.9. The third-order valence-electron chi connectivity index (χ3n) is 5.41. The summed E-state index contributed by atoms with van der Waals surface area (Å²) in [6, 6.07) is 0.681. The Hall–Kier alpha value is -0.180. The van der Waals surface area contributed by atoms with Gasteiger partial charge in [-0.05, 0) is 37.0 Å². The van der Waals surface area contributed by atoms with Crippen LogP contribution in [0.15, 0.2) is 4.99 Å². The summed E-state index contributed by atoms with van der Waals surface area (Å²) < 4.78 is 0. The van der Waals surface area contributed by atoms with Gasteiger partial charge in [-0.3, -0.25) is 4.99 Å². The average molecular weight is 280 g/mol. The topological polar surface area (TPSA) is 24.4 Å². The van der Waals surface area contributed by atoms with Crippen LogP contribution in [0, 0.1) is 11.3 Å². The highest BCUT2D eigenvalue weighted by molar-refractivity contribution is 8.13. The van der Waals surface area contributed by atoms with Gasteiger partial charge in [-0.15, -0.1) is 0 Å². The lowest BCUT2D eigenvalue weighted by molar-refractivity contribution is 0.231. The molecule has 2 aliphatic carbocycles. The van der Waals surface area contributed by atoms with E-state index in [9.17, 15) is 0 Å². The fraction of sp³-hybridized carbons (Fsp3) is 0.938. The van der Waals surface area contributed by atoms with Gasteiger partial charge in [0.2, 0.25) is 0 Å². The Morgan fingerprint density at radius 2 is 1.89 bits per heavy atom. The van der Waals surface area contributed by atoms with E-state index in [1.54, 1.807) is 0 Å². The summed E-state index contributed by atoms with van der Waals surface area (Å²) in [7, 11) is 0. The molecular formula is C16H28N2S. The number of hydrogen-bond acceptors (Lipinski definition) is 3. The monoisotopic (exact) mass is 280 g/mol. The summed E-state index contributed by atoms with van der Waals surface area (Å²) in [6.45, 7) is 3.48. The summed E-state index contributed by atoms with van der Waals surface area (Å²) in [4.78, 5) is 4.90. The number of thioether (sulfide) groups is 1. The Balaban J connectivity index is 1.55. The molecule has 3 rings (SSSR count). The van der Waals surface area contributed by atoms with Crippen LogP contribution in [0.25, 0.3) is 0 Å². The summed E-state index contributed by atoms with van der Waals surface area (Å²) in [5.74, 6) is 2.13. The highest BCUT2D eigenvalue weighted by Crippen LogP contribution is 2.41. The van der Waals surface area contributed by atoms with Gasteiger partial charge in [-0.1, -0.05) is 50.8 Å². The van der Waals surface area contributed by atoms with Crippen molar-refractivity contribution in [3.05, 3.63) is 0 Å². The molecule has 2 saturated carbocycles. The van der Waals surface area contributed by atoms with Crippen molar-refractivity contribution in [3.8, 4) is 0 Å². The van der Waals surface area contributed by atoms with Crippen molar-refractivity contribution in [1.82, 2.24) is 5.32 Å². The Morgan fingerprint density at radius 1 is 1.11 bits per heavy atom. The lowest BCUT2D eigenvalue weighted by atomic mass is 9.75. The van der Waals surface area contributed by atoms with Gasteiger partial charge in [0.05, 0.1) is 0 Å². The van der Waals surface area contributed by atoms with Crippen molar-refractivity contribution < 1.29 is 0 Å². The summed E-state index contributed by atoms with van der Waals surface area (Å²) >= 11 is 2.00. The van der Waals surface area contributed by atoms with Crippen LogP contribution < -0.4 is 5.32 Å². The molecule has 2 nitrogen and oxygen atoms in total. The van der Waals surface area contributed by atoms with Crippen molar-refractivity contribution in [2.24, 2.45) is 16.3 Å². The first kappa shape index (κ1) is 13.8. The van der Waals surface area contributed by atoms with E-state index in [0.29, 0.717) is 11.5 Å². The Kier molecular flexibility index (Phi) is 4.40. The van der Waals surface area contributed by atoms with Gasteiger partial charge in [0.15, 0.2) is 5.17 Å². The van der Waals surface area contributed by atoms with E-state index < -0.39 is 0 Å². The molecule has 1 N–H and O–H groups in total. The number of amidine groups is 1.